The maximum Gasteiger partial charge on any atom is 0.260 e. The van der Waals surface area contributed by atoms with Gasteiger partial charge in [-0.05, 0) is 67.4 Å². The Labute approximate surface area is 197 Å². The van der Waals surface area contributed by atoms with Gasteiger partial charge in [0.1, 0.15) is 11.5 Å². The number of fused-ring (bicyclic) bond motifs is 1. The van der Waals surface area contributed by atoms with Crippen LogP contribution in [0.5, 0.6) is 11.5 Å². The number of hydrogen-bond donors (Lipinski definition) is 0. The third-order valence-electron chi connectivity index (χ3n) is 5.07. The fraction of sp³-hybridized carbons (Fsp3) is 0.269. The number of pyridine rings is 1. The Bertz CT molecular complexity index is 1190. The van der Waals surface area contributed by atoms with Gasteiger partial charge in [-0.15, -0.1) is 0 Å². The van der Waals surface area contributed by atoms with Gasteiger partial charge >= 0.3 is 0 Å². The highest BCUT2D eigenvalue weighted by molar-refractivity contribution is 7.22. The van der Waals surface area contributed by atoms with Crippen LogP contribution in [-0.4, -0.2) is 29.1 Å². The third kappa shape index (κ3) is 5.68. The van der Waals surface area contributed by atoms with E-state index in [0.717, 1.165) is 40.1 Å². The molecule has 0 spiro atoms. The minimum Gasteiger partial charge on any atom is -0.494 e. The Kier molecular flexibility index (Phi) is 7.52. The second-order valence-electron chi connectivity index (χ2n) is 7.54. The second kappa shape index (κ2) is 10.9. The summed E-state index contributed by atoms with van der Waals surface area (Å²) in [5.41, 5.74) is 2.35. The van der Waals surface area contributed by atoms with Gasteiger partial charge < -0.3 is 9.47 Å². The monoisotopic (exact) mass is 461 g/mol. The number of rotatable bonds is 10. The van der Waals surface area contributed by atoms with Crippen molar-refractivity contribution in [1.29, 1.82) is 0 Å². The summed E-state index contributed by atoms with van der Waals surface area (Å²) in [5.74, 6) is 1.44. The molecule has 170 valence electrons. The normalized spacial score (nSPS) is 10.8. The van der Waals surface area contributed by atoms with Crippen LogP contribution in [0, 0.1) is 0 Å². The lowest BCUT2D eigenvalue weighted by Gasteiger charge is -2.20. The largest absolute Gasteiger partial charge is 0.494 e. The first-order valence-corrected chi connectivity index (χ1v) is 12.0. The number of carbonyl (C=O) groups excluding carboxylic acids is 1. The van der Waals surface area contributed by atoms with Crippen molar-refractivity contribution >= 4 is 32.6 Å². The molecule has 2 aromatic carbocycles. The summed E-state index contributed by atoms with van der Waals surface area (Å²) < 4.78 is 12.3. The van der Waals surface area contributed by atoms with E-state index in [1.54, 1.807) is 29.4 Å². The molecule has 0 aliphatic heterocycles. The van der Waals surface area contributed by atoms with E-state index in [1.165, 1.54) is 11.3 Å². The predicted octanol–water partition coefficient (Wildman–Crippen LogP) is 6.12. The Morgan fingerprint density at radius 1 is 1.03 bits per heavy atom. The van der Waals surface area contributed by atoms with Crippen LogP contribution in [-0.2, 0) is 6.54 Å². The van der Waals surface area contributed by atoms with Crippen LogP contribution in [0.3, 0.4) is 0 Å². The standard InChI is InChI=1S/C26H27N3O3S/c1-3-5-15-32-21-10-8-20(9-11-21)25(30)29(18-19-7-6-14-27-17-19)26-28-23-13-12-22(31-4-2)16-24(23)33-26/h6-14,16-17H,3-5,15,18H2,1-2H3. The van der Waals surface area contributed by atoms with Crippen LogP contribution < -0.4 is 14.4 Å². The maximum absolute atomic E-state index is 13.6. The van der Waals surface area contributed by atoms with E-state index in [0.29, 0.717) is 30.5 Å². The first-order valence-electron chi connectivity index (χ1n) is 11.1. The molecule has 0 saturated heterocycles. The average Bonchev–Trinajstić information content (AvgIpc) is 3.27. The highest BCUT2D eigenvalue weighted by atomic mass is 32.1. The molecule has 1 amide bonds. The van der Waals surface area contributed by atoms with Crippen molar-refractivity contribution in [2.75, 3.05) is 18.1 Å². The van der Waals surface area contributed by atoms with E-state index in [-0.39, 0.29) is 5.91 Å². The molecule has 0 bridgehead atoms. The molecule has 2 aromatic heterocycles. The molecule has 0 aliphatic rings. The van der Waals surface area contributed by atoms with E-state index in [1.807, 2.05) is 49.4 Å². The molecular weight excluding hydrogens is 434 g/mol. The zero-order chi connectivity index (χ0) is 23.0. The number of ether oxygens (including phenoxy) is 2. The molecule has 33 heavy (non-hydrogen) atoms. The molecule has 4 rings (SSSR count). The van der Waals surface area contributed by atoms with Crippen LogP contribution in [0.25, 0.3) is 10.2 Å². The van der Waals surface area contributed by atoms with Gasteiger partial charge in [0.05, 0.1) is 30.0 Å². The fourth-order valence-electron chi connectivity index (χ4n) is 3.35. The molecule has 7 heteroatoms. The molecule has 0 aliphatic carbocycles. The molecule has 0 atom stereocenters. The molecule has 0 fully saturated rings. The summed E-state index contributed by atoms with van der Waals surface area (Å²) in [6.45, 7) is 5.73. The average molecular weight is 462 g/mol. The van der Waals surface area contributed by atoms with Gasteiger partial charge in [-0.2, -0.15) is 0 Å². The number of hydrogen-bond acceptors (Lipinski definition) is 6. The number of nitrogens with zero attached hydrogens (tertiary/aromatic N) is 3. The molecular formula is C26H27N3O3S. The predicted molar refractivity (Wildman–Crippen MR) is 132 cm³/mol. The van der Waals surface area contributed by atoms with Crippen molar-refractivity contribution < 1.29 is 14.3 Å². The lowest BCUT2D eigenvalue weighted by molar-refractivity contribution is 0.0985. The number of carbonyl (C=O) groups is 1. The number of thiazole rings is 1. The zero-order valence-corrected chi connectivity index (χ0v) is 19.7. The molecule has 0 radical (unpaired) electrons. The lowest BCUT2D eigenvalue weighted by Crippen LogP contribution is -2.30. The topological polar surface area (TPSA) is 64.5 Å². The van der Waals surface area contributed by atoms with E-state index < -0.39 is 0 Å². The first-order chi connectivity index (χ1) is 16.2. The van der Waals surface area contributed by atoms with E-state index >= 15 is 0 Å². The molecule has 0 unspecified atom stereocenters. The van der Waals surface area contributed by atoms with Gasteiger partial charge in [-0.1, -0.05) is 30.7 Å². The van der Waals surface area contributed by atoms with Gasteiger partial charge in [-0.3, -0.25) is 14.7 Å². The van der Waals surface area contributed by atoms with Gasteiger partial charge in [0.2, 0.25) is 0 Å². The zero-order valence-electron chi connectivity index (χ0n) is 18.9. The van der Waals surface area contributed by atoms with Crippen molar-refractivity contribution in [2.45, 2.75) is 33.2 Å². The quantitative estimate of drug-likeness (QED) is 0.266. The van der Waals surface area contributed by atoms with Gasteiger partial charge in [-0.25, -0.2) is 4.98 Å². The number of unbranched alkanes of at least 4 members (excludes halogenated alkanes) is 1. The summed E-state index contributed by atoms with van der Waals surface area (Å²) in [7, 11) is 0. The van der Waals surface area contributed by atoms with E-state index in [9.17, 15) is 4.79 Å². The van der Waals surface area contributed by atoms with Gasteiger partial charge in [0, 0.05) is 18.0 Å². The smallest absolute Gasteiger partial charge is 0.260 e. The third-order valence-corrected chi connectivity index (χ3v) is 6.11. The van der Waals surface area contributed by atoms with Crippen molar-refractivity contribution in [3.05, 3.63) is 78.1 Å². The summed E-state index contributed by atoms with van der Waals surface area (Å²) in [4.78, 5) is 24.2. The van der Waals surface area contributed by atoms with Crippen LogP contribution in [0.4, 0.5) is 5.13 Å². The molecule has 2 heterocycles. The van der Waals surface area contributed by atoms with Gasteiger partial charge in [0.25, 0.3) is 5.91 Å². The SMILES string of the molecule is CCCCOc1ccc(C(=O)N(Cc2cccnc2)c2nc3ccc(OCC)cc3s2)cc1. The summed E-state index contributed by atoms with van der Waals surface area (Å²) in [6.07, 6.45) is 5.57. The van der Waals surface area contributed by atoms with Crippen molar-refractivity contribution in [2.24, 2.45) is 0 Å². The Hall–Kier alpha value is -3.45. The van der Waals surface area contributed by atoms with E-state index in [4.69, 9.17) is 14.5 Å². The van der Waals surface area contributed by atoms with Crippen LogP contribution >= 0.6 is 11.3 Å². The van der Waals surface area contributed by atoms with Crippen LogP contribution in [0.1, 0.15) is 42.6 Å². The highest BCUT2D eigenvalue weighted by Gasteiger charge is 2.22. The Balaban J connectivity index is 1.63. The Morgan fingerprint density at radius 2 is 1.85 bits per heavy atom. The maximum atomic E-state index is 13.6. The second-order valence-corrected chi connectivity index (χ2v) is 8.55. The number of anilines is 1. The molecule has 4 aromatic rings. The van der Waals surface area contributed by atoms with Crippen molar-refractivity contribution in [3.8, 4) is 11.5 Å². The van der Waals surface area contributed by atoms with Crippen molar-refractivity contribution in [1.82, 2.24) is 9.97 Å². The number of amides is 1. The summed E-state index contributed by atoms with van der Waals surface area (Å²) >= 11 is 1.47. The minimum atomic E-state index is -0.122. The van der Waals surface area contributed by atoms with E-state index in [2.05, 4.69) is 11.9 Å². The minimum absolute atomic E-state index is 0.122. The first kappa shape index (κ1) is 22.7. The fourth-order valence-corrected chi connectivity index (χ4v) is 4.34. The number of aromatic nitrogens is 2. The van der Waals surface area contributed by atoms with Crippen LogP contribution in [0.2, 0.25) is 0 Å². The summed E-state index contributed by atoms with van der Waals surface area (Å²) in [5, 5.41) is 0.635. The van der Waals surface area contributed by atoms with Crippen molar-refractivity contribution in [3.63, 3.8) is 0 Å². The molecule has 0 saturated carbocycles. The number of benzene rings is 2. The molecule has 6 nitrogen and oxygen atoms in total. The van der Waals surface area contributed by atoms with Gasteiger partial charge in [0.15, 0.2) is 5.13 Å². The Morgan fingerprint density at radius 3 is 2.58 bits per heavy atom. The van der Waals surface area contributed by atoms with Crippen LogP contribution in [0.15, 0.2) is 67.0 Å². The lowest BCUT2D eigenvalue weighted by atomic mass is 10.1. The highest BCUT2D eigenvalue weighted by Crippen LogP contribution is 2.33. The summed E-state index contributed by atoms with van der Waals surface area (Å²) in [6, 6.07) is 16.9. The molecule has 0 N–H and O–H groups in total.